The zero-order valence-corrected chi connectivity index (χ0v) is 31.4. The minimum Gasteiger partial charge on any atom is -0.496 e. The number of β-amino-alcohol motifs (C(OH)–C–C–N with tert-alkyl or cyclic N) is 1. The summed E-state index contributed by atoms with van der Waals surface area (Å²) in [6.07, 6.45) is 6.17. The number of aromatic nitrogens is 2. The first kappa shape index (κ1) is 37.5. The Morgan fingerprint density at radius 1 is 0.784 bits per heavy atom. The minimum atomic E-state index is 0.210. The molecule has 0 saturated carbocycles. The van der Waals surface area contributed by atoms with Gasteiger partial charge in [-0.05, 0) is 76.6 Å². The summed E-state index contributed by atoms with van der Waals surface area (Å²) < 4.78 is 11.6. The number of piperidine rings is 2. The van der Waals surface area contributed by atoms with Gasteiger partial charge in [-0.2, -0.15) is 0 Å². The predicted octanol–water partition coefficient (Wildman–Crippen LogP) is 6.92. The molecule has 272 valence electrons. The van der Waals surface area contributed by atoms with Gasteiger partial charge >= 0.3 is 0 Å². The van der Waals surface area contributed by atoms with Crippen LogP contribution in [0.25, 0.3) is 33.6 Å². The fourth-order valence-corrected chi connectivity index (χ4v) is 7.87. The monoisotopic (exact) mass is 732 g/mol. The number of rotatable bonds is 14. The number of methoxy groups -OCH3 is 2. The van der Waals surface area contributed by atoms with E-state index in [1.807, 2.05) is 42.5 Å². The fourth-order valence-electron chi connectivity index (χ4n) is 7.22. The number of ether oxygens (including phenoxy) is 2. The van der Waals surface area contributed by atoms with Crippen molar-refractivity contribution in [3.63, 3.8) is 0 Å². The molecule has 2 aromatic carbocycles. The molecule has 4 aromatic rings. The summed E-state index contributed by atoms with van der Waals surface area (Å²) in [6, 6.07) is 18.9. The highest BCUT2D eigenvalue weighted by atomic mass is 35.5. The van der Waals surface area contributed by atoms with Crippen LogP contribution in [0.15, 0.2) is 60.8 Å². The second kappa shape index (κ2) is 18.0. The van der Waals surface area contributed by atoms with Crippen LogP contribution in [0, 0.1) is 0 Å². The molecule has 2 saturated heterocycles. The van der Waals surface area contributed by atoms with E-state index < -0.39 is 0 Å². The minimum absolute atomic E-state index is 0.210. The van der Waals surface area contributed by atoms with E-state index in [1.54, 1.807) is 20.4 Å². The molecule has 0 atom stereocenters. The molecule has 6 rings (SSSR count). The van der Waals surface area contributed by atoms with E-state index in [0.29, 0.717) is 46.8 Å². The number of nitrogens with zero attached hydrogens (tertiary/aromatic N) is 4. The van der Waals surface area contributed by atoms with Crippen LogP contribution in [0.2, 0.25) is 10.0 Å². The van der Waals surface area contributed by atoms with Crippen LogP contribution >= 0.6 is 23.2 Å². The van der Waals surface area contributed by atoms with E-state index >= 15 is 0 Å². The lowest BCUT2D eigenvalue weighted by atomic mass is 9.99. The van der Waals surface area contributed by atoms with Crippen LogP contribution in [0.3, 0.4) is 0 Å². The van der Waals surface area contributed by atoms with Crippen molar-refractivity contribution in [3.8, 4) is 45.3 Å². The molecular formula is C40H50Cl2N6O3. The zero-order chi connectivity index (χ0) is 35.7. The van der Waals surface area contributed by atoms with Gasteiger partial charge in [0.05, 0.1) is 42.3 Å². The first-order valence-electron chi connectivity index (χ1n) is 18.1. The normalized spacial score (nSPS) is 16.4. The summed E-state index contributed by atoms with van der Waals surface area (Å²) in [6.45, 7) is 9.94. The fraction of sp³-hybridized carbons (Fsp3) is 0.450. The van der Waals surface area contributed by atoms with E-state index in [4.69, 9.17) is 37.7 Å². The van der Waals surface area contributed by atoms with Crippen molar-refractivity contribution < 1.29 is 14.6 Å². The first-order valence-corrected chi connectivity index (χ1v) is 18.8. The number of likely N-dealkylation sites (tertiary alicyclic amines) is 2. The molecule has 0 bridgehead atoms. The Bertz CT molecular complexity index is 1760. The third-order valence-electron chi connectivity index (χ3n) is 10.3. The summed E-state index contributed by atoms with van der Waals surface area (Å²) in [5, 5.41) is 17.7. The number of hydrogen-bond acceptors (Lipinski definition) is 9. The smallest absolute Gasteiger partial charge is 0.218 e. The van der Waals surface area contributed by atoms with Gasteiger partial charge in [0.1, 0.15) is 5.75 Å². The number of hydrogen-bond donors (Lipinski definition) is 3. The van der Waals surface area contributed by atoms with Gasteiger partial charge in [-0.25, -0.2) is 4.98 Å². The van der Waals surface area contributed by atoms with E-state index in [1.165, 1.54) is 0 Å². The summed E-state index contributed by atoms with van der Waals surface area (Å²) in [7, 11) is 3.35. The molecule has 4 heterocycles. The Morgan fingerprint density at radius 2 is 1.43 bits per heavy atom. The topological polar surface area (TPSA) is 95.0 Å². The van der Waals surface area contributed by atoms with Crippen LogP contribution in [0.4, 0.5) is 0 Å². The van der Waals surface area contributed by atoms with Crippen molar-refractivity contribution in [1.82, 2.24) is 30.4 Å². The maximum Gasteiger partial charge on any atom is 0.218 e. The Morgan fingerprint density at radius 3 is 2.10 bits per heavy atom. The molecule has 2 aliphatic rings. The molecule has 11 heteroatoms. The van der Waals surface area contributed by atoms with Gasteiger partial charge in [0.25, 0.3) is 0 Å². The Kier molecular flexibility index (Phi) is 13.2. The van der Waals surface area contributed by atoms with Gasteiger partial charge < -0.3 is 35.0 Å². The summed E-state index contributed by atoms with van der Waals surface area (Å²) in [4.78, 5) is 14.4. The highest BCUT2D eigenvalue weighted by Crippen LogP contribution is 2.42. The number of aliphatic hydroxyl groups is 1. The van der Waals surface area contributed by atoms with Gasteiger partial charge in [0.15, 0.2) is 0 Å². The van der Waals surface area contributed by atoms with Gasteiger partial charge in [0, 0.05) is 71.3 Å². The van der Waals surface area contributed by atoms with E-state index in [0.717, 1.165) is 110 Å². The van der Waals surface area contributed by atoms with E-state index in [2.05, 4.69) is 44.5 Å². The molecular weight excluding hydrogens is 683 g/mol. The summed E-state index contributed by atoms with van der Waals surface area (Å²) >= 11 is 14.3. The van der Waals surface area contributed by atoms with E-state index in [-0.39, 0.29) is 6.61 Å². The quantitative estimate of drug-likeness (QED) is 0.128. The maximum atomic E-state index is 9.23. The third kappa shape index (κ3) is 9.03. The number of benzene rings is 2. The number of pyridine rings is 2. The van der Waals surface area contributed by atoms with Crippen molar-refractivity contribution in [2.75, 3.05) is 60.1 Å². The molecule has 3 N–H and O–H groups in total. The van der Waals surface area contributed by atoms with Crippen LogP contribution in [-0.4, -0.2) is 97.1 Å². The van der Waals surface area contributed by atoms with Gasteiger partial charge in [-0.15, -0.1) is 0 Å². The lowest BCUT2D eigenvalue weighted by Crippen LogP contribution is -2.43. The summed E-state index contributed by atoms with van der Waals surface area (Å²) in [5.41, 5.74) is 6.72. The van der Waals surface area contributed by atoms with Crippen LogP contribution < -0.4 is 20.1 Å². The molecule has 2 aliphatic heterocycles. The van der Waals surface area contributed by atoms with Crippen molar-refractivity contribution in [2.24, 2.45) is 0 Å². The van der Waals surface area contributed by atoms with Crippen molar-refractivity contribution in [2.45, 2.75) is 57.8 Å². The molecule has 0 amide bonds. The number of nitrogens with one attached hydrogen (secondary N) is 2. The highest BCUT2D eigenvalue weighted by Gasteiger charge is 2.22. The molecule has 0 spiro atoms. The third-order valence-corrected chi connectivity index (χ3v) is 11.1. The van der Waals surface area contributed by atoms with Crippen LogP contribution in [0.5, 0.6) is 11.6 Å². The second-order valence-electron chi connectivity index (χ2n) is 13.4. The number of halogens is 2. The van der Waals surface area contributed by atoms with Crippen LogP contribution in [0.1, 0.15) is 43.7 Å². The summed E-state index contributed by atoms with van der Waals surface area (Å²) in [5.74, 6) is 1.37. The molecule has 0 radical (unpaired) electrons. The SMILES string of the molecule is CCN1CCC(NCc2ccc(-c3cccc(-c4ccnc(-c5ccc(CNC6CCN(CCO)CC6)c(OC)c5)c4Cl)c3Cl)nc2OC)CC1. The molecule has 9 nitrogen and oxygen atoms in total. The Hall–Kier alpha value is -3.28. The van der Waals surface area contributed by atoms with Crippen molar-refractivity contribution >= 4 is 23.2 Å². The second-order valence-corrected chi connectivity index (χ2v) is 14.1. The van der Waals surface area contributed by atoms with Gasteiger partial charge in [-0.1, -0.05) is 66.5 Å². The molecule has 0 unspecified atom stereocenters. The van der Waals surface area contributed by atoms with Gasteiger partial charge in [0.2, 0.25) is 5.88 Å². The Balaban J connectivity index is 1.18. The predicted molar refractivity (Wildman–Crippen MR) is 207 cm³/mol. The lowest BCUT2D eigenvalue weighted by Gasteiger charge is -2.32. The highest BCUT2D eigenvalue weighted by molar-refractivity contribution is 6.39. The standard InChI is InChI=1S/C40H50Cl2N6O3/c1-4-47-18-13-30(14-19-47)45-26-29-10-11-35(46-40(29)51-3)34-7-5-6-32(37(34)41)33-12-17-43-39(38(33)42)27-8-9-28(36(24-27)50-2)25-44-31-15-20-48(21-16-31)22-23-49/h5-12,17,24,30-31,44-45,49H,4,13-16,18-23,25-26H2,1-3H3. The van der Waals surface area contributed by atoms with Crippen molar-refractivity contribution in [3.05, 3.63) is 82.0 Å². The molecule has 51 heavy (non-hydrogen) atoms. The number of aliphatic hydroxyl groups excluding tert-OH is 1. The lowest BCUT2D eigenvalue weighted by molar-refractivity contribution is 0.156. The van der Waals surface area contributed by atoms with Crippen LogP contribution in [-0.2, 0) is 13.1 Å². The molecule has 0 aliphatic carbocycles. The average molecular weight is 734 g/mol. The van der Waals surface area contributed by atoms with E-state index in [9.17, 15) is 5.11 Å². The average Bonchev–Trinajstić information content (AvgIpc) is 3.17. The maximum absolute atomic E-state index is 9.23. The Labute approximate surface area is 312 Å². The van der Waals surface area contributed by atoms with Gasteiger partial charge in [-0.3, -0.25) is 4.98 Å². The first-order chi connectivity index (χ1) is 24.9. The molecule has 2 fully saturated rings. The molecule has 2 aromatic heterocycles. The van der Waals surface area contributed by atoms with Crippen molar-refractivity contribution in [1.29, 1.82) is 0 Å². The zero-order valence-electron chi connectivity index (χ0n) is 29.9. The largest absolute Gasteiger partial charge is 0.496 e.